The van der Waals surface area contributed by atoms with Crippen LogP contribution in [-0.2, 0) is 10.0 Å². The Morgan fingerprint density at radius 2 is 1.71 bits per heavy atom. The molecule has 0 amide bonds. The van der Waals surface area contributed by atoms with Crippen LogP contribution in [0.2, 0.25) is 0 Å². The number of benzene rings is 2. The van der Waals surface area contributed by atoms with Gasteiger partial charge >= 0.3 is 0 Å². The lowest BCUT2D eigenvalue weighted by molar-refractivity contribution is 0.595. The summed E-state index contributed by atoms with van der Waals surface area (Å²) in [5.74, 6) is -0.374. The Hall–Kier alpha value is -2.60. The third-order valence-electron chi connectivity index (χ3n) is 3.74. The highest BCUT2D eigenvalue weighted by atomic mass is 32.2. The minimum absolute atomic E-state index is 0.171. The van der Waals surface area contributed by atoms with Crippen molar-refractivity contribution in [1.29, 1.82) is 0 Å². The average molecular weight is 344 g/mol. The minimum Gasteiger partial charge on any atom is -0.253 e. The summed E-state index contributed by atoms with van der Waals surface area (Å²) >= 11 is 0. The van der Waals surface area contributed by atoms with Crippen molar-refractivity contribution in [3.05, 3.63) is 77.7 Å². The van der Waals surface area contributed by atoms with Gasteiger partial charge in [0, 0.05) is 11.8 Å². The van der Waals surface area contributed by atoms with Gasteiger partial charge in [-0.25, -0.2) is 9.22 Å². The number of aryl methyl sites for hydroxylation is 2. The topological polar surface area (TPSA) is 51.1 Å². The number of rotatable bonds is 4. The number of nitrogens with one attached hydrogen (secondary N) is 1. The molecule has 6 heteroatoms. The van der Waals surface area contributed by atoms with Gasteiger partial charge in [-0.1, -0.05) is 29.8 Å². The summed E-state index contributed by atoms with van der Waals surface area (Å²) in [7, 11) is -3.74. The number of aromatic nitrogens is 1. The molecule has 0 radical (unpaired) electrons. The monoisotopic (exact) mass is 344 g/mol. The van der Waals surface area contributed by atoms with E-state index in [-0.39, 0.29) is 10.7 Å². The molecular weight excluding hydrogens is 327 g/mol. The van der Waals surface area contributed by atoms with Gasteiger partial charge < -0.3 is 0 Å². The van der Waals surface area contributed by atoms with Crippen molar-refractivity contribution in [2.24, 2.45) is 0 Å². The van der Waals surface area contributed by atoms with Crippen LogP contribution in [0.1, 0.15) is 11.1 Å². The average Bonchev–Trinajstić information content (AvgIpc) is 2.87. The predicted molar refractivity (Wildman–Crippen MR) is 92.3 cm³/mol. The molecule has 4 nitrogen and oxygen atoms in total. The number of hydrogen-bond acceptors (Lipinski definition) is 2. The van der Waals surface area contributed by atoms with Gasteiger partial charge in [0.2, 0.25) is 0 Å². The number of hydrogen-bond donors (Lipinski definition) is 1. The molecule has 0 fully saturated rings. The van der Waals surface area contributed by atoms with Gasteiger partial charge in [0.05, 0.1) is 10.6 Å². The van der Waals surface area contributed by atoms with E-state index in [0.29, 0.717) is 11.3 Å². The van der Waals surface area contributed by atoms with Crippen molar-refractivity contribution in [2.45, 2.75) is 18.7 Å². The summed E-state index contributed by atoms with van der Waals surface area (Å²) < 4.78 is 40.1. The van der Waals surface area contributed by atoms with Crippen LogP contribution in [0.25, 0.3) is 11.3 Å². The Kier molecular flexibility index (Phi) is 4.15. The highest BCUT2D eigenvalue weighted by Gasteiger charge is 2.17. The van der Waals surface area contributed by atoms with Gasteiger partial charge in [-0.2, -0.15) is 8.42 Å². The highest BCUT2D eigenvalue weighted by Crippen LogP contribution is 2.25. The summed E-state index contributed by atoms with van der Waals surface area (Å²) in [6.45, 7) is 3.73. The first-order valence-electron chi connectivity index (χ1n) is 7.40. The van der Waals surface area contributed by atoms with Gasteiger partial charge in [0.25, 0.3) is 10.0 Å². The predicted octanol–water partition coefficient (Wildman–Crippen LogP) is 3.84. The highest BCUT2D eigenvalue weighted by molar-refractivity contribution is 7.92. The molecule has 0 aliphatic rings. The van der Waals surface area contributed by atoms with Crippen molar-refractivity contribution >= 4 is 10.0 Å². The van der Waals surface area contributed by atoms with Crippen molar-refractivity contribution in [2.75, 3.05) is 4.83 Å². The summed E-state index contributed by atoms with van der Waals surface area (Å²) in [5, 5.41) is 0. The Morgan fingerprint density at radius 3 is 2.38 bits per heavy atom. The van der Waals surface area contributed by atoms with Crippen LogP contribution in [0.5, 0.6) is 0 Å². The normalized spacial score (nSPS) is 11.5. The maximum Gasteiger partial charge on any atom is 0.275 e. The maximum absolute atomic E-state index is 13.5. The third kappa shape index (κ3) is 3.19. The van der Waals surface area contributed by atoms with E-state index in [4.69, 9.17) is 0 Å². The van der Waals surface area contributed by atoms with Crippen LogP contribution < -0.4 is 4.83 Å². The molecule has 3 aromatic rings. The fourth-order valence-electron chi connectivity index (χ4n) is 2.51. The first-order chi connectivity index (χ1) is 11.4. The zero-order valence-electron chi connectivity index (χ0n) is 13.3. The van der Waals surface area contributed by atoms with E-state index in [0.717, 1.165) is 11.1 Å². The van der Waals surface area contributed by atoms with E-state index in [1.54, 1.807) is 48.7 Å². The van der Waals surface area contributed by atoms with Crippen LogP contribution >= 0.6 is 0 Å². The molecule has 124 valence electrons. The fraction of sp³-hybridized carbons (Fsp3) is 0.111. The molecule has 0 atom stereocenters. The lowest BCUT2D eigenvalue weighted by atomic mass is 10.1. The molecule has 0 saturated heterocycles. The largest absolute Gasteiger partial charge is 0.275 e. The second-order valence-electron chi connectivity index (χ2n) is 5.64. The Balaban J connectivity index is 2.01. The molecule has 24 heavy (non-hydrogen) atoms. The lowest BCUT2D eigenvalue weighted by Gasteiger charge is -2.14. The number of nitrogens with zero attached hydrogens (tertiary/aromatic N) is 1. The van der Waals surface area contributed by atoms with Crippen molar-refractivity contribution in [3.63, 3.8) is 0 Å². The molecular formula is C18H17FN2O2S. The summed E-state index contributed by atoms with van der Waals surface area (Å²) in [6.07, 6.45) is 1.61. The molecule has 0 unspecified atom stereocenters. The van der Waals surface area contributed by atoms with E-state index in [9.17, 15) is 12.8 Å². The van der Waals surface area contributed by atoms with Gasteiger partial charge in [-0.05, 0) is 49.7 Å². The minimum atomic E-state index is -3.74. The van der Waals surface area contributed by atoms with E-state index < -0.39 is 10.0 Å². The van der Waals surface area contributed by atoms with Crippen LogP contribution in [0.15, 0.2) is 65.7 Å². The smallest absolute Gasteiger partial charge is 0.253 e. The van der Waals surface area contributed by atoms with Crippen LogP contribution in [0, 0.1) is 19.7 Å². The molecule has 1 heterocycles. The van der Waals surface area contributed by atoms with Crippen LogP contribution in [0.3, 0.4) is 0 Å². The van der Waals surface area contributed by atoms with E-state index in [1.165, 1.54) is 16.8 Å². The second kappa shape index (κ2) is 6.13. The molecule has 0 aliphatic carbocycles. The molecule has 0 aliphatic heterocycles. The van der Waals surface area contributed by atoms with Crippen LogP contribution in [-0.4, -0.2) is 13.1 Å². The fourth-order valence-corrected chi connectivity index (χ4v) is 3.52. The quantitative estimate of drug-likeness (QED) is 0.782. The Morgan fingerprint density at radius 1 is 1.00 bits per heavy atom. The molecule has 0 spiro atoms. The zero-order chi connectivity index (χ0) is 17.3. The summed E-state index contributed by atoms with van der Waals surface area (Å²) in [4.78, 5) is 2.70. The maximum atomic E-state index is 13.5. The van der Waals surface area contributed by atoms with Crippen molar-refractivity contribution < 1.29 is 12.8 Å². The molecule has 3 rings (SSSR count). The second-order valence-corrected chi connectivity index (χ2v) is 7.30. The van der Waals surface area contributed by atoms with Gasteiger partial charge in [-0.15, -0.1) is 0 Å². The molecule has 1 N–H and O–H groups in total. The zero-order valence-corrected chi connectivity index (χ0v) is 14.1. The lowest BCUT2D eigenvalue weighted by Crippen LogP contribution is -2.23. The van der Waals surface area contributed by atoms with Crippen molar-refractivity contribution in [3.8, 4) is 11.3 Å². The van der Waals surface area contributed by atoms with Crippen LogP contribution in [0.4, 0.5) is 4.39 Å². The van der Waals surface area contributed by atoms with Gasteiger partial charge in [0.15, 0.2) is 0 Å². The van der Waals surface area contributed by atoms with E-state index in [1.807, 2.05) is 13.8 Å². The molecule has 1 aromatic heterocycles. The van der Waals surface area contributed by atoms with Crippen molar-refractivity contribution in [1.82, 2.24) is 4.68 Å². The van der Waals surface area contributed by atoms with Gasteiger partial charge in [-0.3, -0.25) is 4.68 Å². The summed E-state index contributed by atoms with van der Waals surface area (Å²) in [5.41, 5.74) is 3.02. The first kappa shape index (κ1) is 16.3. The molecule has 0 bridgehead atoms. The first-order valence-corrected chi connectivity index (χ1v) is 8.88. The third-order valence-corrected chi connectivity index (χ3v) is 5.07. The Bertz CT molecular complexity index is 977. The molecule has 2 aromatic carbocycles. The van der Waals surface area contributed by atoms with E-state index >= 15 is 0 Å². The Labute approximate surface area is 140 Å². The van der Waals surface area contributed by atoms with Gasteiger partial charge in [0.1, 0.15) is 5.82 Å². The number of sulfonamides is 1. The number of halogens is 1. The van der Waals surface area contributed by atoms with E-state index in [2.05, 4.69) is 4.83 Å². The summed E-state index contributed by atoms with van der Waals surface area (Å²) in [6, 6.07) is 14.4. The molecule has 0 saturated carbocycles. The standard InChI is InChI=1S/C18H17FN2O2S/c1-13-6-8-17(9-7-13)24(22,23)20-21-11-10-14(2)18(21)15-4-3-5-16(19)12-15/h3-12,20H,1-2H3. The SMILES string of the molecule is Cc1ccc(S(=O)(=O)Nn2ccc(C)c2-c2cccc(F)c2)cc1.